The van der Waals surface area contributed by atoms with Gasteiger partial charge in [0.25, 0.3) is 5.91 Å². The summed E-state index contributed by atoms with van der Waals surface area (Å²) in [5.41, 5.74) is 0.915. The van der Waals surface area contributed by atoms with Gasteiger partial charge in [0, 0.05) is 11.8 Å². The fourth-order valence-electron chi connectivity index (χ4n) is 3.01. The number of carbonyl (C=O) groups excluding carboxylic acids is 1. The zero-order chi connectivity index (χ0) is 18.0. The lowest BCUT2D eigenvalue weighted by Crippen LogP contribution is -2.39. The molecule has 9 heteroatoms. The molecule has 3 rings (SSSR count). The van der Waals surface area contributed by atoms with E-state index in [1.54, 1.807) is 18.2 Å². The van der Waals surface area contributed by atoms with Crippen LogP contribution in [0.15, 0.2) is 29.3 Å². The van der Waals surface area contributed by atoms with Gasteiger partial charge in [-0.3, -0.25) is 4.79 Å². The molecule has 0 aromatic heterocycles. The standard InChI is InChI=1S/C16H16FN3O3S2/c17-12-3-1-11(2-4-12)6-8-20-13-9-25(22,23)10-14(13)24-16(20)19-15(21)5-7-18/h1-4,13-14H,5-6,8-10H2/t13-,14+/m0/s1. The van der Waals surface area contributed by atoms with Crippen LogP contribution < -0.4 is 0 Å². The zero-order valence-corrected chi connectivity index (χ0v) is 14.9. The second kappa shape index (κ2) is 7.14. The zero-order valence-electron chi connectivity index (χ0n) is 13.3. The molecule has 1 amide bonds. The Morgan fingerprint density at radius 2 is 2.08 bits per heavy atom. The number of hydrogen-bond donors (Lipinski definition) is 0. The van der Waals surface area contributed by atoms with Crippen molar-refractivity contribution in [1.82, 2.24) is 4.90 Å². The van der Waals surface area contributed by atoms with Crippen LogP contribution in [0.5, 0.6) is 0 Å². The molecule has 0 radical (unpaired) electrons. The summed E-state index contributed by atoms with van der Waals surface area (Å²) in [6.45, 7) is 0.480. The highest BCUT2D eigenvalue weighted by atomic mass is 32.2. The molecule has 0 aliphatic carbocycles. The molecule has 132 valence electrons. The molecule has 2 fully saturated rings. The molecule has 2 heterocycles. The highest BCUT2D eigenvalue weighted by Gasteiger charge is 2.48. The first-order valence-corrected chi connectivity index (χ1v) is 10.4. The number of halogens is 1. The van der Waals surface area contributed by atoms with Crippen LogP contribution >= 0.6 is 11.8 Å². The molecule has 0 spiro atoms. The second-order valence-corrected chi connectivity index (χ2v) is 9.35. The predicted octanol–water partition coefficient (Wildman–Crippen LogP) is 1.38. The van der Waals surface area contributed by atoms with Crippen molar-refractivity contribution in [2.75, 3.05) is 18.1 Å². The fraction of sp³-hybridized carbons (Fsp3) is 0.438. The minimum absolute atomic E-state index is 0.0412. The summed E-state index contributed by atoms with van der Waals surface area (Å²) >= 11 is 1.29. The van der Waals surface area contributed by atoms with E-state index < -0.39 is 15.7 Å². The average molecular weight is 381 g/mol. The van der Waals surface area contributed by atoms with Gasteiger partial charge in [-0.05, 0) is 24.1 Å². The van der Waals surface area contributed by atoms with E-state index in [4.69, 9.17) is 5.26 Å². The SMILES string of the molecule is N#CCC(=O)N=C1S[C@@H]2CS(=O)(=O)C[C@@H]2N1CCc1ccc(F)cc1. The molecule has 1 aromatic carbocycles. The van der Waals surface area contributed by atoms with E-state index in [0.717, 1.165) is 5.56 Å². The van der Waals surface area contributed by atoms with Crippen LogP contribution in [-0.2, 0) is 21.1 Å². The molecule has 0 unspecified atom stereocenters. The van der Waals surface area contributed by atoms with Crippen LogP contribution in [0.2, 0.25) is 0 Å². The number of sulfone groups is 1. The minimum atomic E-state index is -3.09. The van der Waals surface area contributed by atoms with Gasteiger partial charge in [0.1, 0.15) is 12.2 Å². The van der Waals surface area contributed by atoms with Crippen LogP contribution in [-0.4, -0.2) is 53.7 Å². The average Bonchev–Trinajstić information content (AvgIpc) is 2.98. The largest absolute Gasteiger partial charge is 0.346 e. The van der Waals surface area contributed by atoms with Crippen molar-refractivity contribution >= 4 is 32.7 Å². The molecule has 0 saturated carbocycles. The summed E-state index contributed by atoms with van der Waals surface area (Å²) in [5.74, 6) is -0.730. The lowest BCUT2D eigenvalue weighted by atomic mass is 10.1. The highest BCUT2D eigenvalue weighted by Crippen LogP contribution is 2.38. The summed E-state index contributed by atoms with van der Waals surface area (Å²) < 4.78 is 36.8. The van der Waals surface area contributed by atoms with E-state index in [0.29, 0.717) is 18.1 Å². The van der Waals surface area contributed by atoms with Gasteiger partial charge in [0.15, 0.2) is 15.0 Å². The van der Waals surface area contributed by atoms with E-state index in [2.05, 4.69) is 4.99 Å². The first-order chi connectivity index (χ1) is 11.9. The van der Waals surface area contributed by atoms with E-state index in [1.165, 1.54) is 23.9 Å². The fourth-order valence-corrected chi connectivity index (χ4v) is 7.01. The quantitative estimate of drug-likeness (QED) is 0.783. The molecule has 25 heavy (non-hydrogen) atoms. The Kier molecular flexibility index (Phi) is 5.11. The van der Waals surface area contributed by atoms with E-state index in [1.807, 2.05) is 4.90 Å². The van der Waals surface area contributed by atoms with E-state index >= 15 is 0 Å². The molecule has 2 saturated heterocycles. The Balaban J connectivity index is 1.78. The predicted molar refractivity (Wildman–Crippen MR) is 93.3 cm³/mol. The van der Waals surface area contributed by atoms with Crippen molar-refractivity contribution in [3.05, 3.63) is 35.6 Å². The Morgan fingerprint density at radius 1 is 1.36 bits per heavy atom. The van der Waals surface area contributed by atoms with Gasteiger partial charge in [0.05, 0.1) is 23.6 Å². The summed E-state index contributed by atoms with van der Waals surface area (Å²) in [7, 11) is -3.09. The Hall–Kier alpha value is -1.92. The molecule has 0 N–H and O–H groups in total. The Bertz CT molecular complexity index is 846. The first-order valence-electron chi connectivity index (χ1n) is 7.74. The molecule has 2 aliphatic heterocycles. The topological polar surface area (TPSA) is 90.6 Å². The second-order valence-electron chi connectivity index (χ2n) is 5.99. The number of benzene rings is 1. The Labute approximate surface area is 149 Å². The third-order valence-electron chi connectivity index (χ3n) is 4.18. The summed E-state index contributed by atoms with van der Waals surface area (Å²) in [4.78, 5) is 17.5. The van der Waals surface area contributed by atoms with Gasteiger partial charge < -0.3 is 4.90 Å². The maximum atomic E-state index is 13.0. The van der Waals surface area contributed by atoms with Crippen LogP contribution in [0.1, 0.15) is 12.0 Å². The molecule has 0 bridgehead atoms. The number of amides is 1. The lowest BCUT2D eigenvalue weighted by Gasteiger charge is -2.24. The molecular formula is C16H16FN3O3S2. The molecule has 2 atom stereocenters. The smallest absolute Gasteiger partial charge is 0.262 e. The summed E-state index contributed by atoms with van der Waals surface area (Å²) in [6, 6.07) is 7.66. The maximum Gasteiger partial charge on any atom is 0.262 e. The van der Waals surface area contributed by atoms with Gasteiger partial charge in [-0.15, -0.1) is 0 Å². The van der Waals surface area contributed by atoms with Crippen molar-refractivity contribution in [2.45, 2.75) is 24.1 Å². The lowest BCUT2D eigenvalue weighted by molar-refractivity contribution is -0.116. The first kappa shape index (κ1) is 17.9. The molecule has 2 aliphatic rings. The number of nitriles is 1. The normalized spacial score (nSPS) is 25.8. The van der Waals surface area contributed by atoms with Crippen molar-refractivity contribution in [3.8, 4) is 6.07 Å². The van der Waals surface area contributed by atoms with E-state index in [9.17, 15) is 17.6 Å². The third kappa shape index (κ3) is 4.19. The number of rotatable bonds is 4. The van der Waals surface area contributed by atoms with Gasteiger partial charge in [-0.2, -0.15) is 10.3 Å². The van der Waals surface area contributed by atoms with Gasteiger partial charge >= 0.3 is 0 Å². The van der Waals surface area contributed by atoms with Gasteiger partial charge in [-0.1, -0.05) is 23.9 Å². The molecule has 6 nitrogen and oxygen atoms in total. The highest BCUT2D eigenvalue weighted by molar-refractivity contribution is 8.15. The van der Waals surface area contributed by atoms with Gasteiger partial charge in [0.2, 0.25) is 0 Å². The van der Waals surface area contributed by atoms with Crippen LogP contribution in [0, 0.1) is 17.1 Å². The molecular weight excluding hydrogens is 365 g/mol. The number of hydrogen-bond acceptors (Lipinski definition) is 5. The number of fused-ring (bicyclic) bond motifs is 1. The molecule has 1 aromatic rings. The third-order valence-corrected chi connectivity index (χ3v) is 7.43. The minimum Gasteiger partial charge on any atom is -0.346 e. The van der Waals surface area contributed by atoms with E-state index in [-0.39, 0.29) is 35.0 Å². The van der Waals surface area contributed by atoms with Crippen molar-refractivity contribution < 1.29 is 17.6 Å². The maximum absolute atomic E-state index is 13.0. The number of carbonyl (C=O) groups is 1. The number of amidine groups is 1. The van der Waals surface area contributed by atoms with Gasteiger partial charge in [-0.25, -0.2) is 12.8 Å². The van der Waals surface area contributed by atoms with Crippen molar-refractivity contribution in [1.29, 1.82) is 5.26 Å². The number of thioether (sulfide) groups is 1. The summed E-state index contributed by atoms with van der Waals surface area (Å²) in [6.07, 6.45) is 0.277. The monoisotopic (exact) mass is 381 g/mol. The van der Waals surface area contributed by atoms with Crippen LogP contribution in [0.4, 0.5) is 4.39 Å². The Morgan fingerprint density at radius 3 is 2.76 bits per heavy atom. The van der Waals surface area contributed by atoms with Crippen LogP contribution in [0.25, 0.3) is 0 Å². The van der Waals surface area contributed by atoms with Crippen LogP contribution in [0.3, 0.4) is 0 Å². The number of nitrogens with zero attached hydrogens (tertiary/aromatic N) is 3. The van der Waals surface area contributed by atoms with Crippen molar-refractivity contribution in [2.24, 2.45) is 4.99 Å². The number of aliphatic imine (C=N–C) groups is 1. The van der Waals surface area contributed by atoms with Crippen molar-refractivity contribution in [3.63, 3.8) is 0 Å². The summed E-state index contributed by atoms with van der Waals surface area (Å²) in [5, 5.41) is 8.94.